The van der Waals surface area contributed by atoms with Crippen LogP contribution in [0, 0.1) is 5.92 Å². The van der Waals surface area contributed by atoms with Crippen molar-refractivity contribution in [1.29, 1.82) is 0 Å². The molecule has 1 aliphatic carbocycles. The fraction of sp³-hybridized carbons (Fsp3) is 0.606. The number of amides is 2. The number of fused-ring (bicyclic) bond motifs is 1. The van der Waals surface area contributed by atoms with Crippen LogP contribution in [0.3, 0.4) is 0 Å². The van der Waals surface area contributed by atoms with Crippen LogP contribution in [-0.2, 0) is 33.5 Å². The molecule has 2 amide bonds. The van der Waals surface area contributed by atoms with E-state index in [1.165, 1.54) is 11.6 Å². The Morgan fingerprint density at radius 1 is 0.860 bits per heavy atom. The van der Waals surface area contributed by atoms with Gasteiger partial charge in [-0.2, -0.15) is 13.2 Å². The zero-order valence-corrected chi connectivity index (χ0v) is 24.6. The number of anilines is 1. The van der Waals surface area contributed by atoms with E-state index in [4.69, 9.17) is 4.74 Å². The summed E-state index contributed by atoms with van der Waals surface area (Å²) in [4.78, 5) is 37.3. The maximum Gasteiger partial charge on any atom is 0.417 e. The molecule has 1 saturated carbocycles. The molecule has 0 spiro atoms. The largest absolute Gasteiger partial charge is 0.417 e. The monoisotopic (exact) mass is 598 g/mol. The fourth-order valence-corrected chi connectivity index (χ4v) is 7.39. The highest BCUT2D eigenvalue weighted by molar-refractivity contribution is 5.94. The third-order valence-electron chi connectivity index (χ3n) is 9.91. The minimum absolute atomic E-state index is 0.00443. The van der Waals surface area contributed by atoms with E-state index >= 15 is 0 Å². The van der Waals surface area contributed by atoms with Gasteiger partial charge >= 0.3 is 6.18 Å². The molecule has 0 N–H and O–H groups in total. The van der Waals surface area contributed by atoms with Crippen LogP contribution in [0.15, 0.2) is 42.6 Å². The Labute approximate surface area is 251 Å². The van der Waals surface area contributed by atoms with Crippen LogP contribution in [0.4, 0.5) is 19.0 Å². The molecule has 7 nitrogen and oxygen atoms in total. The number of piperidine rings is 2. The molecule has 0 unspecified atom stereocenters. The van der Waals surface area contributed by atoms with Gasteiger partial charge in [0, 0.05) is 56.8 Å². The van der Waals surface area contributed by atoms with Gasteiger partial charge in [0.15, 0.2) is 0 Å². The lowest BCUT2D eigenvalue weighted by Gasteiger charge is -2.44. The van der Waals surface area contributed by atoms with Crippen LogP contribution < -0.4 is 4.90 Å². The number of alkyl halides is 3. The second-order valence-corrected chi connectivity index (χ2v) is 12.5. The molecule has 6 rings (SSSR count). The van der Waals surface area contributed by atoms with Gasteiger partial charge in [-0.25, -0.2) is 4.98 Å². The quantitative estimate of drug-likeness (QED) is 0.448. The summed E-state index contributed by atoms with van der Waals surface area (Å²) in [5.41, 5.74) is 1.54. The number of likely N-dealkylation sites (tertiary alicyclic amines) is 2. The summed E-state index contributed by atoms with van der Waals surface area (Å²) < 4.78 is 45.5. The van der Waals surface area contributed by atoms with E-state index in [2.05, 4.69) is 22.0 Å². The summed E-state index contributed by atoms with van der Waals surface area (Å²) in [7, 11) is 0. The van der Waals surface area contributed by atoms with E-state index in [1.807, 2.05) is 17.0 Å². The van der Waals surface area contributed by atoms with Crippen molar-refractivity contribution in [2.45, 2.75) is 95.2 Å². The zero-order chi connectivity index (χ0) is 30.0. The van der Waals surface area contributed by atoms with Crippen LogP contribution in [0.1, 0.15) is 74.5 Å². The van der Waals surface area contributed by atoms with E-state index < -0.39 is 17.8 Å². The fourth-order valence-electron chi connectivity index (χ4n) is 7.39. The number of nitrogens with zero attached hydrogens (tertiary/aromatic N) is 4. The zero-order valence-electron chi connectivity index (χ0n) is 24.6. The average Bonchev–Trinajstić information content (AvgIpc) is 3.05. The van der Waals surface area contributed by atoms with Gasteiger partial charge < -0.3 is 14.5 Å². The molecule has 0 radical (unpaired) electrons. The predicted octanol–water partition coefficient (Wildman–Crippen LogP) is 5.61. The van der Waals surface area contributed by atoms with Crippen molar-refractivity contribution in [3.05, 3.63) is 59.3 Å². The van der Waals surface area contributed by atoms with Crippen molar-refractivity contribution in [2.24, 2.45) is 5.92 Å². The van der Waals surface area contributed by atoms with Gasteiger partial charge in [-0.3, -0.25) is 14.5 Å². The molecule has 43 heavy (non-hydrogen) atoms. The van der Waals surface area contributed by atoms with Crippen LogP contribution in [-0.4, -0.2) is 71.0 Å². The van der Waals surface area contributed by atoms with E-state index in [1.54, 1.807) is 4.90 Å². The molecule has 10 heteroatoms. The molecule has 1 aromatic carbocycles. The number of ether oxygens (including phenoxy) is 1. The number of carbonyl (C=O) groups is 2. The van der Waals surface area contributed by atoms with Crippen LogP contribution in [0.2, 0.25) is 0 Å². The molecule has 3 aliphatic heterocycles. The van der Waals surface area contributed by atoms with Crippen molar-refractivity contribution in [3.8, 4) is 0 Å². The van der Waals surface area contributed by atoms with Crippen molar-refractivity contribution in [1.82, 2.24) is 14.8 Å². The Morgan fingerprint density at radius 3 is 2.21 bits per heavy atom. The van der Waals surface area contributed by atoms with Crippen molar-refractivity contribution >= 4 is 17.6 Å². The highest BCUT2D eigenvalue weighted by atomic mass is 19.4. The van der Waals surface area contributed by atoms with Crippen LogP contribution in [0.5, 0.6) is 0 Å². The van der Waals surface area contributed by atoms with Crippen molar-refractivity contribution < 1.29 is 27.5 Å². The maximum atomic E-state index is 13.8. The minimum Gasteiger partial charge on any atom is -0.363 e. The molecule has 232 valence electrons. The van der Waals surface area contributed by atoms with E-state index in [9.17, 15) is 22.8 Å². The standard InChI is InChI=1S/C33H41F3N4O3/c34-33(35,36)26-10-11-30(37-21-26)40(31(41)23-6-2-1-3-7-23)28-14-16-38(17-15-28)27-12-18-39(19-13-27)32(42)29-20-24-8-4-5-9-25(24)22-43-29/h4-5,8-11,21,23,27-29H,1-3,6-7,12-20,22H2/t29-/m1/s1. The second-order valence-electron chi connectivity index (χ2n) is 12.5. The van der Waals surface area contributed by atoms with Gasteiger partial charge in [-0.1, -0.05) is 43.5 Å². The van der Waals surface area contributed by atoms with E-state index in [0.29, 0.717) is 38.0 Å². The smallest absolute Gasteiger partial charge is 0.363 e. The van der Waals surface area contributed by atoms with Gasteiger partial charge in [0.1, 0.15) is 11.9 Å². The van der Waals surface area contributed by atoms with Gasteiger partial charge in [0.25, 0.3) is 5.91 Å². The number of hydrogen-bond donors (Lipinski definition) is 0. The van der Waals surface area contributed by atoms with Gasteiger partial charge in [0.2, 0.25) is 5.91 Å². The molecule has 2 aromatic rings. The number of halogens is 3. The molecule has 2 saturated heterocycles. The first kappa shape index (κ1) is 30.1. The topological polar surface area (TPSA) is 66.0 Å². The van der Waals surface area contributed by atoms with E-state index in [-0.39, 0.29) is 23.8 Å². The summed E-state index contributed by atoms with van der Waals surface area (Å²) in [6.07, 6.45) is 4.63. The Balaban J connectivity index is 1.05. The van der Waals surface area contributed by atoms with Crippen molar-refractivity contribution in [2.75, 3.05) is 31.1 Å². The van der Waals surface area contributed by atoms with E-state index in [0.717, 1.165) is 88.7 Å². The lowest BCUT2D eigenvalue weighted by Crippen LogP contribution is -2.54. The lowest BCUT2D eigenvalue weighted by atomic mass is 9.87. The van der Waals surface area contributed by atoms with Crippen molar-refractivity contribution in [3.63, 3.8) is 0 Å². The molecule has 1 atom stereocenters. The average molecular weight is 599 g/mol. The number of carbonyl (C=O) groups excluding carboxylic acids is 2. The van der Waals surface area contributed by atoms with Gasteiger partial charge in [-0.15, -0.1) is 0 Å². The molecular weight excluding hydrogens is 557 g/mol. The van der Waals surface area contributed by atoms with Gasteiger partial charge in [0.05, 0.1) is 12.2 Å². The first-order valence-electron chi connectivity index (χ1n) is 15.9. The first-order chi connectivity index (χ1) is 20.8. The minimum atomic E-state index is -4.47. The number of benzene rings is 1. The summed E-state index contributed by atoms with van der Waals surface area (Å²) in [6, 6.07) is 10.8. The highest BCUT2D eigenvalue weighted by Gasteiger charge is 2.38. The number of pyridine rings is 1. The number of hydrogen-bond acceptors (Lipinski definition) is 5. The second kappa shape index (κ2) is 12.9. The normalized spacial score (nSPS) is 23.1. The molecular formula is C33H41F3N4O3. The molecule has 3 fully saturated rings. The molecule has 0 bridgehead atoms. The molecule has 4 heterocycles. The Morgan fingerprint density at radius 2 is 1.56 bits per heavy atom. The third kappa shape index (κ3) is 6.75. The predicted molar refractivity (Wildman–Crippen MR) is 156 cm³/mol. The first-order valence-corrected chi connectivity index (χ1v) is 15.9. The summed E-state index contributed by atoms with van der Waals surface area (Å²) >= 11 is 0. The Hall–Kier alpha value is -2.98. The summed E-state index contributed by atoms with van der Waals surface area (Å²) in [6.45, 7) is 3.49. The van der Waals surface area contributed by atoms with Gasteiger partial charge in [-0.05, 0) is 61.8 Å². The summed E-state index contributed by atoms with van der Waals surface area (Å²) in [5, 5.41) is 0. The molecule has 1 aromatic heterocycles. The maximum absolute atomic E-state index is 13.8. The molecule has 4 aliphatic rings. The summed E-state index contributed by atoms with van der Waals surface area (Å²) in [5.74, 6) is 0.304. The number of rotatable bonds is 5. The highest BCUT2D eigenvalue weighted by Crippen LogP contribution is 2.34. The third-order valence-corrected chi connectivity index (χ3v) is 9.91. The Bertz CT molecular complexity index is 1260. The SMILES string of the molecule is O=C([C@H]1Cc2ccccc2CO1)N1CCC(N2CCC(N(C(=O)C3CCCCC3)c3ccc(C(F)(F)F)cn3)CC2)CC1. The Kier molecular flexibility index (Phi) is 9.05. The van der Waals surface area contributed by atoms with Crippen LogP contribution in [0.25, 0.3) is 0 Å². The number of aromatic nitrogens is 1. The lowest BCUT2D eigenvalue weighted by molar-refractivity contribution is -0.147. The van der Waals surface area contributed by atoms with Crippen LogP contribution >= 0.6 is 0 Å².